The Morgan fingerprint density at radius 2 is 2.21 bits per heavy atom. The Balaban J connectivity index is 1.93. The van der Waals surface area contributed by atoms with Gasteiger partial charge < -0.3 is 15.4 Å². The molecule has 2 aromatic rings. The lowest BCUT2D eigenvalue weighted by Crippen LogP contribution is -2.04. The highest BCUT2D eigenvalue weighted by molar-refractivity contribution is 5.54. The van der Waals surface area contributed by atoms with Crippen molar-refractivity contribution in [3.8, 4) is 5.88 Å². The fourth-order valence-electron chi connectivity index (χ4n) is 2.06. The lowest BCUT2D eigenvalue weighted by atomic mass is 10.2. The van der Waals surface area contributed by atoms with Gasteiger partial charge in [-0.1, -0.05) is 6.07 Å². The van der Waals surface area contributed by atoms with Crippen molar-refractivity contribution < 1.29 is 9.13 Å². The van der Waals surface area contributed by atoms with Crippen LogP contribution >= 0.6 is 0 Å². The number of fused-ring (bicyclic) bond motifs is 1. The maximum Gasteiger partial charge on any atom is 0.230 e. The molecule has 2 heterocycles. The lowest BCUT2D eigenvalue weighted by molar-refractivity contribution is 0.392. The molecule has 0 amide bonds. The van der Waals surface area contributed by atoms with Gasteiger partial charge in [0.2, 0.25) is 11.8 Å². The molecule has 3 rings (SSSR count). The summed E-state index contributed by atoms with van der Waals surface area (Å²) in [6, 6.07) is 6.16. The fraction of sp³-hybridized carbons (Fsp3) is 0.231. The van der Waals surface area contributed by atoms with E-state index in [0.717, 1.165) is 11.3 Å². The van der Waals surface area contributed by atoms with Crippen molar-refractivity contribution in [2.75, 3.05) is 12.4 Å². The van der Waals surface area contributed by atoms with Gasteiger partial charge in [-0.3, -0.25) is 0 Å². The van der Waals surface area contributed by atoms with Crippen LogP contribution < -0.4 is 15.4 Å². The summed E-state index contributed by atoms with van der Waals surface area (Å²) in [7, 11) is 1.58. The maximum absolute atomic E-state index is 13.1. The molecule has 0 saturated carbocycles. The number of aromatic nitrogens is 2. The second-order valence-electron chi connectivity index (χ2n) is 4.22. The fourth-order valence-corrected chi connectivity index (χ4v) is 2.06. The second-order valence-corrected chi connectivity index (χ2v) is 4.22. The summed E-state index contributed by atoms with van der Waals surface area (Å²) in [5.74, 6) is 0.651. The van der Waals surface area contributed by atoms with E-state index >= 15 is 0 Å². The quantitative estimate of drug-likeness (QED) is 0.883. The summed E-state index contributed by atoms with van der Waals surface area (Å²) in [6.45, 7) is 1.39. The van der Waals surface area contributed by atoms with E-state index in [1.54, 1.807) is 19.2 Å². The second kappa shape index (κ2) is 4.81. The zero-order valence-electron chi connectivity index (χ0n) is 10.4. The van der Waals surface area contributed by atoms with Crippen molar-refractivity contribution in [1.82, 2.24) is 15.3 Å². The number of nitrogens with one attached hydrogen (secondary N) is 2. The van der Waals surface area contributed by atoms with E-state index in [9.17, 15) is 4.39 Å². The molecule has 0 bridgehead atoms. The SMILES string of the molecule is COc1nc(Nc2cccc(F)c2)nc2c1CNC2. The molecular weight excluding hydrogens is 247 g/mol. The van der Waals surface area contributed by atoms with Crippen LogP contribution in [-0.2, 0) is 13.1 Å². The molecule has 1 aromatic carbocycles. The number of rotatable bonds is 3. The predicted molar refractivity (Wildman–Crippen MR) is 68.8 cm³/mol. The Hall–Kier alpha value is -2.21. The topological polar surface area (TPSA) is 59.1 Å². The molecule has 98 valence electrons. The van der Waals surface area contributed by atoms with Crippen LogP contribution in [0.1, 0.15) is 11.3 Å². The number of halogens is 1. The number of methoxy groups -OCH3 is 1. The van der Waals surface area contributed by atoms with E-state index in [-0.39, 0.29) is 5.82 Å². The van der Waals surface area contributed by atoms with Crippen LogP contribution in [0.5, 0.6) is 5.88 Å². The molecule has 0 atom stereocenters. The van der Waals surface area contributed by atoms with E-state index < -0.39 is 0 Å². The number of benzene rings is 1. The van der Waals surface area contributed by atoms with Crippen molar-refractivity contribution in [2.45, 2.75) is 13.1 Å². The van der Waals surface area contributed by atoms with Gasteiger partial charge in [0, 0.05) is 18.8 Å². The van der Waals surface area contributed by atoms with E-state index in [1.165, 1.54) is 12.1 Å². The first-order valence-corrected chi connectivity index (χ1v) is 5.93. The molecule has 0 spiro atoms. The van der Waals surface area contributed by atoms with Crippen LogP contribution in [0.25, 0.3) is 0 Å². The molecule has 2 N–H and O–H groups in total. The minimum atomic E-state index is -0.306. The van der Waals surface area contributed by atoms with Crippen molar-refractivity contribution >= 4 is 11.6 Å². The average molecular weight is 260 g/mol. The summed E-state index contributed by atoms with van der Waals surface area (Å²) in [5.41, 5.74) is 2.49. The summed E-state index contributed by atoms with van der Waals surface area (Å²) < 4.78 is 18.4. The molecule has 0 fully saturated rings. The summed E-state index contributed by atoms with van der Waals surface area (Å²) in [6.07, 6.45) is 0. The van der Waals surface area contributed by atoms with Gasteiger partial charge in [0.15, 0.2) is 0 Å². The predicted octanol–water partition coefficient (Wildman–Crippen LogP) is 1.97. The van der Waals surface area contributed by atoms with Crippen molar-refractivity contribution in [3.63, 3.8) is 0 Å². The molecule has 6 heteroatoms. The third-order valence-corrected chi connectivity index (χ3v) is 2.92. The Kier molecular flexibility index (Phi) is 3.00. The van der Waals surface area contributed by atoms with Crippen LogP contribution in [0.15, 0.2) is 24.3 Å². The monoisotopic (exact) mass is 260 g/mol. The van der Waals surface area contributed by atoms with Gasteiger partial charge in [-0.15, -0.1) is 0 Å². The zero-order chi connectivity index (χ0) is 13.2. The molecule has 19 heavy (non-hydrogen) atoms. The molecule has 5 nitrogen and oxygen atoms in total. The van der Waals surface area contributed by atoms with Crippen LogP contribution in [0.3, 0.4) is 0 Å². The minimum absolute atomic E-state index is 0.306. The molecule has 1 aromatic heterocycles. The van der Waals surface area contributed by atoms with Gasteiger partial charge in [0.1, 0.15) is 5.82 Å². The molecule has 0 radical (unpaired) electrons. The molecule has 0 aliphatic carbocycles. The number of hydrogen-bond acceptors (Lipinski definition) is 5. The summed E-state index contributed by atoms with van der Waals surface area (Å²) in [4.78, 5) is 8.68. The first-order chi connectivity index (χ1) is 9.26. The van der Waals surface area contributed by atoms with Crippen LogP contribution in [0, 0.1) is 5.82 Å². The van der Waals surface area contributed by atoms with Crippen molar-refractivity contribution in [3.05, 3.63) is 41.3 Å². The largest absolute Gasteiger partial charge is 0.481 e. The van der Waals surface area contributed by atoms with E-state index in [2.05, 4.69) is 20.6 Å². The third-order valence-electron chi connectivity index (χ3n) is 2.92. The highest BCUT2D eigenvalue weighted by atomic mass is 19.1. The number of ether oxygens (including phenoxy) is 1. The highest BCUT2D eigenvalue weighted by Crippen LogP contribution is 2.25. The molecule has 1 aliphatic rings. The van der Waals surface area contributed by atoms with Crippen LogP contribution in [0.4, 0.5) is 16.0 Å². The van der Waals surface area contributed by atoms with Gasteiger partial charge in [-0.2, -0.15) is 4.98 Å². The maximum atomic E-state index is 13.1. The lowest BCUT2D eigenvalue weighted by Gasteiger charge is -2.09. The summed E-state index contributed by atoms with van der Waals surface area (Å²) >= 11 is 0. The Morgan fingerprint density at radius 1 is 1.32 bits per heavy atom. The standard InChI is InChI=1S/C13H13FN4O/c1-19-12-10-6-15-7-11(10)17-13(18-12)16-9-4-2-3-8(14)5-9/h2-5,15H,6-7H2,1H3,(H,16,17,18). The van der Waals surface area contributed by atoms with Crippen molar-refractivity contribution in [1.29, 1.82) is 0 Å². The van der Waals surface area contributed by atoms with E-state index in [0.29, 0.717) is 30.6 Å². The van der Waals surface area contributed by atoms with Gasteiger partial charge in [-0.05, 0) is 18.2 Å². The number of hydrogen-bond donors (Lipinski definition) is 2. The van der Waals surface area contributed by atoms with Gasteiger partial charge in [0.25, 0.3) is 0 Å². The highest BCUT2D eigenvalue weighted by Gasteiger charge is 2.19. The van der Waals surface area contributed by atoms with E-state index in [1.807, 2.05) is 0 Å². The normalized spacial score (nSPS) is 13.2. The van der Waals surface area contributed by atoms with E-state index in [4.69, 9.17) is 4.74 Å². The Labute approximate surface area is 109 Å². The molecule has 0 saturated heterocycles. The molecule has 0 unspecified atom stereocenters. The Bertz CT molecular complexity index is 618. The van der Waals surface area contributed by atoms with Crippen LogP contribution in [0.2, 0.25) is 0 Å². The number of nitrogens with zero attached hydrogens (tertiary/aromatic N) is 2. The smallest absolute Gasteiger partial charge is 0.230 e. The first-order valence-electron chi connectivity index (χ1n) is 5.93. The molecular formula is C13H13FN4O. The van der Waals surface area contributed by atoms with Gasteiger partial charge in [0.05, 0.1) is 18.4 Å². The third kappa shape index (κ3) is 2.34. The first kappa shape index (κ1) is 11.9. The van der Waals surface area contributed by atoms with Crippen molar-refractivity contribution in [2.24, 2.45) is 0 Å². The molecule has 1 aliphatic heterocycles. The Morgan fingerprint density at radius 3 is 3.00 bits per heavy atom. The van der Waals surface area contributed by atoms with Gasteiger partial charge in [-0.25, -0.2) is 9.37 Å². The van der Waals surface area contributed by atoms with Gasteiger partial charge >= 0.3 is 0 Å². The average Bonchev–Trinajstić information content (AvgIpc) is 2.86. The number of anilines is 2. The zero-order valence-corrected chi connectivity index (χ0v) is 10.4. The summed E-state index contributed by atoms with van der Waals surface area (Å²) in [5, 5.41) is 6.17. The van der Waals surface area contributed by atoms with Crippen LogP contribution in [-0.4, -0.2) is 17.1 Å². The minimum Gasteiger partial charge on any atom is -0.481 e.